The monoisotopic (exact) mass is 426 g/mol. The van der Waals surface area contributed by atoms with E-state index in [-0.39, 0.29) is 40.9 Å². The van der Waals surface area contributed by atoms with Gasteiger partial charge in [0.25, 0.3) is 11.5 Å². The SMILES string of the molecule is O=C(CCn1c(=S)[nH]c2ccccc2c1=O)NCCCNC(=O)c1cccc(O)c1. The first kappa shape index (κ1) is 21.3. The van der Waals surface area contributed by atoms with Crippen molar-refractivity contribution in [2.45, 2.75) is 19.4 Å². The average Bonchev–Trinajstić information content (AvgIpc) is 2.73. The Balaban J connectivity index is 1.42. The van der Waals surface area contributed by atoms with Crippen molar-refractivity contribution in [2.24, 2.45) is 0 Å². The molecule has 0 fully saturated rings. The van der Waals surface area contributed by atoms with Crippen LogP contribution in [0.15, 0.2) is 53.3 Å². The van der Waals surface area contributed by atoms with Crippen LogP contribution in [0.4, 0.5) is 0 Å². The number of hydrogen-bond donors (Lipinski definition) is 4. The molecule has 30 heavy (non-hydrogen) atoms. The number of benzene rings is 2. The number of phenols is 1. The van der Waals surface area contributed by atoms with E-state index in [0.29, 0.717) is 36.0 Å². The Labute approximate surface area is 177 Å². The lowest BCUT2D eigenvalue weighted by Crippen LogP contribution is -2.31. The van der Waals surface area contributed by atoms with Crippen molar-refractivity contribution in [2.75, 3.05) is 13.1 Å². The smallest absolute Gasteiger partial charge is 0.262 e. The summed E-state index contributed by atoms with van der Waals surface area (Å²) in [6.07, 6.45) is 0.664. The number of H-pyrrole nitrogens is 1. The molecule has 8 nitrogen and oxygen atoms in total. The van der Waals surface area contributed by atoms with Crippen LogP contribution in [0, 0.1) is 4.77 Å². The van der Waals surface area contributed by atoms with Crippen LogP contribution in [0.5, 0.6) is 5.75 Å². The predicted molar refractivity (Wildman–Crippen MR) is 116 cm³/mol. The fourth-order valence-corrected chi connectivity index (χ4v) is 3.26. The first-order valence-corrected chi connectivity index (χ1v) is 9.92. The lowest BCUT2D eigenvalue weighted by atomic mass is 10.2. The second-order valence-electron chi connectivity index (χ2n) is 6.69. The standard InChI is InChI=1S/C21H22N4O4S/c26-15-6-3-5-14(13-15)19(28)23-11-4-10-22-18(27)9-12-25-20(29)16-7-1-2-8-17(16)24-21(25)30/h1-3,5-8,13,26H,4,9-12H2,(H,22,27)(H,23,28)(H,24,30). The number of phenolic OH excluding ortho intramolecular Hbond substituents is 1. The summed E-state index contributed by atoms with van der Waals surface area (Å²) < 4.78 is 1.66. The van der Waals surface area contributed by atoms with Gasteiger partial charge in [-0.25, -0.2) is 0 Å². The molecule has 0 bridgehead atoms. The quantitative estimate of drug-likeness (QED) is 0.325. The number of fused-ring (bicyclic) bond motifs is 1. The average molecular weight is 426 g/mol. The van der Waals surface area contributed by atoms with Crippen molar-refractivity contribution < 1.29 is 14.7 Å². The molecule has 2 aromatic carbocycles. The molecule has 3 aromatic rings. The van der Waals surface area contributed by atoms with Crippen LogP contribution in [0.2, 0.25) is 0 Å². The Bertz CT molecular complexity index is 1190. The van der Waals surface area contributed by atoms with Gasteiger partial charge in [0.1, 0.15) is 5.75 Å². The summed E-state index contributed by atoms with van der Waals surface area (Å²) in [6.45, 7) is 0.946. The van der Waals surface area contributed by atoms with Gasteiger partial charge in [0.05, 0.1) is 10.9 Å². The zero-order chi connectivity index (χ0) is 21.5. The van der Waals surface area contributed by atoms with Gasteiger partial charge in [0, 0.05) is 31.6 Å². The second kappa shape index (κ2) is 9.84. The first-order chi connectivity index (χ1) is 14.5. The molecule has 2 amide bonds. The number of aromatic amines is 1. The number of para-hydroxylation sites is 1. The van der Waals surface area contributed by atoms with E-state index in [0.717, 1.165) is 0 Å². The number of carbonyl (C=O) groups is 2. The molecule has 4 N–H and O–H groups in total. The third-order valence-electron chi connectivity index (χ3n) is 4.52. The van der Waals surface area contributed by atoms with E-state index in [1.165, 1.54) is 16.7 Å². The fraction of sp³-hybridized carbons (Fsp3) is 0.238. The maximum absolute atomic E-state index is 12.6. The van der Waals surface area contributed by atoms with E-state index in [2.05, 4.69) is 15.6 Å². The molecule has 0 saturated carbocycles. The number of carbonyl (C=O) groups excluding carboxylic acids is 2. The maximum Gasteiger partial charge on any atom is 0.262 e. The molecule has 9 heteroatoms. The lowest BCUT2D eigenvalue weighted by Gasteiger charge is -2.09. The van der Waals surface area contributed by atoms with Crippen LogP contribution in [-0.4, -0.2) is 39.6 Å². The number of hydrogen-bond acceptors (Lipinski definition) is 5. The summed E-state index contributed by atoms with van der Waals surface area (Å²) in [4.78, 5) is 39.6. The largest absolute Gasteiger partial charge is 0.508 e. The molecule has 1 heterocycles. The van der Waals surface area contributed by atoms with Crippen LogP contribution >= 0.6 is 12.2 Å². The van der Waals surface area contributed by atoms with Crippen molar-refractivity contribution in [1.82, 2.24) is 20.2 Å². The molecule has 0 unspecified atom stereocenters. The summed E-state index contributed by atoms with van der Waals surface area (Å²) in [7, 11) is 0. The van der Waals surface area contributed by atoms with E-state index in [9.17, 15) is 19.5 Å². The minimum absolute atomic E-state index is 0.0280. The maximum atomic E-state index is 12.6. The summed E-state index contributed by atoms with van der Waals surface area (Å²) in [5.41, 5.74) is 0.814. The Morgan fingerprint density at radius 3 is 2.63 bits per heavy atom. The van der Waals surface area contributed by atoms with Gasteiger partial charge < -0.3 is 20.7 Å². The number of aromatic nitrogens is 2. The molecule has 3 rings (SSSR count). The first-order valence-electron chi connectivity index (χ1n) is 9.51. The molecule has 156 valence electrons. The van der Waals surface area contributed by atoms with Gasteiger partial charge in [-0.2, -0.15) is 0 Å². The summed E-state index contributed by atoms with van der Waals surface area (Å²) in [6, 6.07) is 13.2. The predicted octanol–water partition coefficient (Wildman–Crippen LogP) is 2.09. The molecule has 1 aromatic heterocycles. The van der Waals surface area contributed by atoms with Crippen LogP contribution in [0.1, 0.15) is 23.2 Å². The van der Waals surface area contributed by atoms with Gasteiger partial charge >= 0.3 is 0 Å². The highest BCUT2D eigenvalue weighted by Gasteiger charge is 2.08. The number of rotatable bonds is 8. The van der Waals surface area contributed by atoms with E-state index >= 15 is 0 Å². The normalized spacial score (nSPS) is 10.7. The van der Waals surface area contributed by atoms with Crippen LogP contribution in [-0.2, 0) is 11.3 Å². The van der Waals surface area contributed by atoms with Gasteiger partial charge in [0.2, 0.25) is 5.91 Å². The van der Waals surface area contributed by atoms with Crippen molar-refractivity contribution in [3.63, 3.8) is 0 Å². The third-order valence-corrected chi connectivity index (χ3v) is 4.84. The van der Waals surface area contributed by atoms with Gasteiger partial charge in [-0.15, -0.1) is 0 Å². The minimum Gasteiger partial charge on any atom is -0.508 e. The number of nitrogens with zero attached hydrogens (tertiary/aromatic N) is 1. The van der Waals surface area contributed by atoms with Gasteiger partial charge in [-0.05, 0) is 49.0 Å². The van der Waals surface area contributed by atoms with Crippen LogP contribution < -0.4 is 16.2 Å². The molecular formula is C21H22N4O4S. The second-order valence-corrected chi connectivity index (χ2v) is 7.08. The summed E-state index contributed by atoms with van der Waals surface area (Å²) in [5, 5.41) is 15.4. The van der Waals surface area contributed by atoms with E-state index in [1.807, 2.05) is 6.07 Å². The van der Waals surface area contributed by atoms with Crippen LogP contribution in [0.25, 0.3) is 10.9 Å². The Kier molecular flexibility index (Phi) is 6.97. The zero-order valence-electron chi connectivity index (χ0n) is 16.2. The van der Waals surface area contributed by atoms with E-state index in [1.54, 1.807) is 30.3 Å². The Morgan fingerprint density at radius 1 is 1.07 bits per heavy atom. The van der Waals surface area contributed by atoms with Crippen LogP contribution in [0.3, 0.4) is 0 Å². The third kappa shape index (κ3) is 5.32. The van der Waals surface area contributed by atoms with Gasteiger partial charge in [-0.1, -0.05) is 18.2 Å². The van der Waals surface area contributed by atoms with E-state index in [4.69, 9.17) is 12.2 Å². The van der Waals surface area contributed by atoms with Gasteiger partial charge in [-0.3, -0.25) is 19.0 Å². The molecule has 0 atom stereocenters. The number of aromatic hydroxyl groups is 1. The lowest BCUT2D eigenvalue weighted by molar-refractivity contribution is -0.121. The molecule has 0 saturated heterocycles. The summed E-state index contributed by atoms with van der Waals surface area (Å²) in [5.74, 6) is -0.467. The number of nitrogens with one attached hydrogen (secondary N) is 3. The fourth-order valence-electron chi connectivity index (χ4n) is 2.97. The molecule has 0 aliphatic rings. The molecular weight excluding hydrogens is 404 g/mol. The molecule has 0 aliphatic carbocycles. The Hall–Kier alpha value is -3.46. The zero-order valence-corrected chi connectivity index (χ0v) is 17.0. The number of amides is 2. The Morgan fingerprint density at radius 2 is 1.83 bits per heavy atom. The highest BCUT2D eigenvalue weighted by Crippen LogP contribution is 2.10. The van der Waals surface area contributed by atoms with Gasteiger partial charge in [0.15, 0.2) is 4.77 Å². The highest BCUT2D eigenvalue weighted by molar-refractivity contribution is 7.71. The molecule has 0 aliphatic heterocycles. The van der Waals surface area contributed by atoms with E-state index < -0.39 is 0 Å². The van der Waals surface area contributed by atoms with Crippen molar-refractivity contribution in [3.05, 3.63) is 69.2 Å². The minimum atomic E-state index is -0.290. The topological polar surface area (TPSA) is 116 Å². The van der Waals surface area contributed by atoms with Crippen molar-refractivity contribution in [1.29, 1.82) is 0 Å². The molecule has 0 radical (unpaired) electrons. The summed E-state index contributed by atoms with van der Waals surface area (Å²) >= 11 is 5.23. The molecule has 0 spiro atoms. The van der Waals surface area contributed by atoms with Crippen molar-refractivity contribution >= 4 is 34.9 Å². The highest BCUT2D eigenvalue weighted by atomic mass is 32.1. The van der Waals surface area contributed by atoms with Crippen molar-refractivity contribution in [3.8, 4) is 5.75 Å².